The smallest absolute Gasteiger partial charge is 0.265 e. The van der Waals surface area contributed by atoms with Gasteiger partial charge in [0, 0.05) is 52.7 Å². The van der Waals surface area contributed by atoms with Gasteiger partial charge in [-0.2, -0.15) is 0 Å². The molecule has 208 valence electrons. The number of aliphatic hydroxyl groups is 1. The van der Waals surface area contributed by atoms with Crippen molar-refractivity contribution >= 4 is 40.6 Å². The van der Waals surface area contributed by atoms with E-state index in [9.17, 15) is 9.90 Å². The van der Waals surface area contributed by atoms with E-state index in [4.69, 9.17) is 28.2 Å². The molecule has 1 atom stereocenters. The lowest BCUT2D eigenvalue weighted by molar-refractivity contribution is -0.00594. The number of hydrogen-bond donors (Lipinski definition) is 2. The molecule has 1 saturated heterocycles. The lowest BCUT2D eigenvalue weighted by atomic mass is 10.0. The number of halogens is 2. The molecule has 4 aromatic rings. The molecule has 1 aliphatic heterocycles. The number of allylic oxidation sites excluding steroid dienone is 1. The number of nitrogens with one attached hydrogen (secondary N) is 1. The minimum atomic E-state index is -0.904. The van der Waals surface area contributed by atoms with Crippen LogP contribution < -0.4 is 10.9 Å². The summed E-state index contributed by atoms with van der Waals surface area (Å²) in [7, 11) is 0. The maximum absolute atomic E-state index is 14.4. The van der Waals surface area contributed by atoms with Crippen molar-refractivity contribution in [3.8, 4) is 27.5 Å². The second kappa shape index (κ2) is 12.4. The maximum atomic E-state index is 14.4. The molecule has 1 fully saturated rings. The fourth-order valence-corrected chi connectivity index (χ4v) is 6.12. The van der Waals surface area contributed by atoms with Crippen LogP contribution in [0.2, 0.25) is 10.0 Å². The Kier molecular flexibility index (Phi) is 8.90. The number of aryl methyl sites for hydroxylation is 1. The van der Waals surface area contributed by atoms with E-state index in [-0.39, 0.29) is 5.56 Å². The molecule has 0 radical (unpaired) electrons. The molecule has 0 spiro atoms. The lowest BCUT2D eigenvalue weighted by Gasteiger charge is -2.33. The van der Waals surface area contributed by atoms with E-state index >= 15 is 0 Å². The fraction of sp³-hybridized carbons (Fsp3) is 0.290. The van der Waals surface area contributed by atoms with Crippen LogP contribution in [0.25, 0.3) is 33.6 Å². The number of piperazine rings is 1. The summed E-state index contributed by atoms with van der Waals surface area (Å²) in [5.41, 5.74) is 5.89. The van der Waals surface area contributed by atoms with Crippen LogP contribution in [0, 0.1) is 0 Å². The molecular weight excluding hydrogens is 563 g/mol. The first-order valence-electron chi connectivity index (χ1n) is 13.3. The largest absolute Gasteiger partial charge is 0.374 e. The summed E-state index contributed by atoms with van der Waals surface area (Å²) in [6.45, 7) is 8.99. The Morgan fingerprint density at radius 2 is 1.80 bits per heavy atom. The summed E-state index contributed by atoms with van der Waals surface area (Å²) in [6.07, 6.45) is 1.77. The molecule has 1 aliphatic rings. The highest BCUT2D eigenvalue weighted by atomic mass is 35.5. The topological polar surface area (TPSA) is 70.4 Å². The van der Waals surface area contributed by atoms with Crippen LogP contribution in [0.3, 0.4) is 0 Å². The van der Waals surface area contributed by atoms with Gasteiger partial charge >= 0.3 is 0 Å². The Labute approximate surface area is 248 Å². The van der Waals surface area contributed by atoms with Gasteiger partial charge in [-0.1, -0.05) is 53.9 Å². The molecule has 0 bridgehead atoms. The summed E-state index contributed by atoms with van der Waals surface area (Å²) >= 11 is 14.0. The van der Waals surface area contributed by atoms with Crippen LogP contribution in [0.4, 0.5) is 0 Å². The zero-order chi connectivity index (χ0) is 28.4. The monoisotopic (exact) mass is 594 g/mol. The van der Waals surface area contributed by atoms with Gasteiger partial charge < -0.3 is 10.4 Å². The molecule has 3 heterocycles. The molecule has 40 heavy (non-hydrogen) atoms. The van der Waals surface area contributed by atoms with E-state index in [0.29, 0.717) is 57.1 Å². The number of benzene rings is 2. The van der Waals surface area contributed by atoms with Crippen molar-refractivity contribution in [2.24, 2.45) is 0 Å². The number of hydrogen-bond acceptors (Lipinski definition) is 6. The maximum Gasteiger partial charge on any atom is 0.265 e. The third kappa shape index (κ3) is 5.96. The van der Waals surface area contributed by atoms with Crippen LogP contribution >= 0.6 is 34.5 Å². The van der Waals surface area contributed by atoms with Crippen molar-refractivity contribution in [2.75, 3.05) is 26.2 Å². The number of rotatable bonds is 7. The second-order valence-corrected chi connectivity index (χ2v) is 11.8. The normalized spacial score (nSPS) is 14.8. The van der Waals surface area contributed by atoms with E-state index in [0.717, 1.165) is 35.5 Å². The van der Waals surface area contributed by atoms with E-state index in [2.05, 4.69) is 12.2 Å². The Balaban J connectivity index is 1.79. The Hall–Kier alpha value is -2.78. The van der Waals surface area contributed by atoms with Gasteiger partial charge in [0.1, 0.15) is 11.2 Å². The number of aliphatic hydroxyl groups excluding tert-OH is 1. The molecular formula is C31H32Cl2N4O2S. The van der Waals surface area contributed by atoms with E-state index in [1.807, 2.05) is 78.7 Å². The zero-order valence-corrected chi connectivity index (χ0v) is 25.1. The predicted molar refractivity (Wildman–Crippen MR) is 167 cm³/mol. The highest BCUT2D eigenvalue weighted by Gasteiger charge is 2.27. The Bertz CT molecular complexity index is 1600. The SMILES string of the molecule is CCc1ccc(Cl)cc1-n1c(C=C(C)C)c(C(O)N2CCNCC2)cc(-c2nc(-c3ccc(Cl)cc3)cs2)c1=O. The first kappa shape index (κ1) is 28.7. The van der Waals surface area contributed by atoms with Crippen LogP contribution in [0.15, 0.2) is 64.3 Å². The molecule has 0 aliphatic carbocycles. The molecule has 2 N–H and O–H groups in total. The quantitative estimate of drug-likeness (QED) is 0.246. The number of aromatic nitrogens is 2. The van der Waals surface area contributed by atoms with Crippen molar-refractivity contribution in [3.05, 3.63) is 96.7 Å². The van der Waals surface area contributed by atoms with Gasteiger partial charge in [-0.15, -0.1) is 11.3 Å². The summed E-state index contributed by atoms with van der Waals surface area (Å²) in [5, 5.41) is 18.8. The van der Waals surface area contributed by atoms with Crippen molar-refractivity contribution in [1.82, 2.24) is 19.8 Å². The molecule has 2 aromatic carbocycles. The van der Waals surface area contributed by atoms with Crippen LogP contribution in [0.1, 0.15) is 43.8 Å². The predicted octanol–water partition coefficient (Wildman–Crippen LogP) is 6.82. The molecule has 2 aromatic heterocycles. The van der Waals surface area contributed by atoms with Gasteiger partial charge in [0.2, 0.25) is 0 Å². The van der Waals surface area contributed by atoms with Gasteiger partial charge in [-0.25, -0.2) is 4.98 Å². The molecule has 6 nitrogen and oxygen atoms in total. The minimum absolute atomic E-state index is 0.210. The summed E-state index contributed by atoms with van der Waals surface area (Å²) in [6, 6.07) is 14.9. The van der Waals surface area contributed by atoms with Gasteiger partial charge in [-0.05, 0) is 62.2 Å². The van der Waals surface area contributed by atoms with E-state index in [1.54, 1.807) is 4.57 Å². The van der Waals surface area contributed by atoms with Gasteiger partial charge in [-0.3, -0.25) is 14.3 Å². The minimum Gasteiger partial charge on any atom is -0.374 e. The standard InChI is InChI=1S/C31H32Cl2N4O2S/c1-4-20-5-10-23(33)16-27(20)37-28(15-19(2)3)24(30(38)36-13-11-34-12-14-36)17-25(31(37)39)29-35-26(18-40-29)21-6-8-22(32)9-7-21/h5-10,15-18,30,34,38H,4,11-14H2,1-3H3. The van der Waals surface area contributed by atoms with Gasteiger partial charge in [0.15, 0.2) is 0 Å². The third-order valence-corrected chi connectivity index (χ3v) is 8.38. The molecule has 1 unspecified atom stereocenters. The average Bonchev–Trinajstić information content (AvgIpc) is 3.43. The van der Waals surface area contributed by atoms with Crippen molar-refractivity contribution < 1.29 is 5.11 Å². The first-order valence-corrected chi connectivity index (χ1v) is 15.0. The van der Waals surface area contributed by atoms with Gasteiger partial charge in [0.25, 0.3) is 5.56 Å². The average molecular weight is 596 g/mol. The van der Waals surface area contributed by atoms with Crippen molar-refractivity contribution in [3.63, 3.8) is 0 Å². The molecule has 0 amide bonds. The Morgan fingerprint density at radius 3 is 2.48 bits per heavy atom. The lowest BCUT2D eigenvalue weighted by Crippen LogP contribution is -2.45. The summed E-state index contributed by atoms with van der Waals surface area (Å²) in [5.74, 6) is 0. The Morgan fingerprint density at radius 1 is 1.10 bits per heavy atom. The van der Waals surface area contributed by atoms with Crippen LogP contribution in [0.5, 0.6) is 0 Å². The molecule has 5 rings (SSSR count). The first-order chi connectivity index (χ1) is 19.3. The van der Waals surface area contributed by atoms with Crippen LogP contribution in [-0.2, 0) is 6.42 Å². The van der Waals surface area contributed by atoms with E-state index < -0.39 is 6.23 Å². The summed E-state index contributed by atoms with van der Waals surface area (Å²) in [4.78, 5) is 21.3. The second-order valence-electron chi connectivity index (χ2n) is 10.1. The van der Waals surface area contributed by atoms with Gasteiger partial charge in [0.05, 0.1) is 22.6 Å². The number of pyridine rings is 1. The van der Waals surface area contributed by atoms with Crippen molar-refractivity contribution in [1.29, 1.82) is 0 Å². The molecule has 9 heteroatoms. The summed E-state index contributed by atoms with van der Waals surface area (Å²) < 4.78 is 1.71. The van der Waals surface area contributed by atoms with Crippen molar-refractivity contribution in [2.45, 2.75) is 33.4 Å². The number of nitrogens with zero attached hydrogens (tertiary/aromatic N) is 3. The zero-order valence-electron chi connectivity index (χ0n) is 22.7. The third-order valence-electron chi connectivity index (χ3n) is 7.01. The van der Waals surface area contributed by atoms with E-state index in [1.165, 1.54) is 11.3 Å². The fourth-order valence-electron chi connectivity index (χ4n) is 4.99. The van der Waals surface area contributed by atoms with Crippen LogP contribution in [-0.4, -0.2) is 45.7 Å². The highest BCUT2D eigenvalue weighted by Crippen LogP contribution is 2.34. The number of thiazole rings is 1. The molecule has 0 saturated carbocycles. The highest BCUT2D eigenvalue weighted by molar-refractivity contribution is 7.13.